The molecule has 4 amide bonds. The van der Waals surface area contributed by atoms with Crippen LogP contribution in [-0.2, 0) is 36.5 Å². The van der Waals surface area contributed by atoms with Gasteiger partial charge in [-0.05, 0) is 62.6 Å². The number of benzene rings is 3. The number of likely N-dealkylation sites (tertiary alicyclic amines) is 2. The van der Waals surface area contributed by atoms with E-state index in [-0.39, 0.29) is 44.0 Å². The number of nitrogens with one attached hydrogen (secondary N) is 1. The summed E-state index contributed by atoms with van der Waals surface area (Å²) in [7, 11) is -1.66. The number of rotatable bonds is 15. The highest BCUT2D eigenvalue weighted by atomic mass is 32.2. The normalized spacial score (nSPS) is 22.9. The Balaban J connectivity index is 1.14. The molecule has 3 unspecified atom stereocenters. The molecule has 2 aliphatic carbocycles. The molecular weight excluding hydrogens is 783 g/mol. The summed E-state index contributed by atoms with van der Waals surface area (Å²) < 4.78 is 37.9. The third kappa shape index (κ3) is 8.61. The van der Waals surface area contributed by atoms with Crippen LogP contribution in [0.3, 0.4) is 0 Å². The van der Waals surface area contributed by atoms with Gasteiger partial charge in [-0.3, -0.25) is 19.2 Å². The van der Waals surface area contributed by atoms with E-state index < -0.39 is 58.3 Å². The van der Waals surface area contributed by atoms with E-state index in [9.17, 15) is 22.8 Å². The summed E-state index contributed by atoms with van der Waals surface area (Å²) in [6, 6.07) is 25.0. The van der Waals surface area contributed by atoms with Crippen molar-refractivity contribution in [1.82, 2.24) is 24.4 Å². The SMILES string of the molecule is C=CC1CC1(NC(=O)C1C[C@@H](Oc2cc(-c3ccccc3)nc3cc(OC)ccc23)CN1C(=O)[C@@H](CC(=O)N1CCCCC1)Cc1ccccc1)C(=O)N(C1CC1)[SH](=O)=O. The predicted molar refractivity (Wildman–Crippen MR) is 226 cm³/mol. The molecule has 60 heavy (non-hydrogen) atoms. The lowest BCUT2D eigenvalue weighted by Crippen LogP contribution is -2.57. The Bertz CT molecular complexity index is 2340. The van der Waals surface area contributed by atoms with E-state index >= 15 is 4.79 Å². The summed E-state index contributed by atoms with van der Waals surface area (Å²) in [5.41, 5.74) is 1.53. The van der Waals surface area contributed by atoms with E-state index in [1.807, 2.05) is 89.8 Å². The molecule has 1 aromatic heterocycles. The van der Waals surface area contributed by atoms with Gasteiger partial charge in [0, 0.05) is 61.0 Å². The van der Waals surface area contributed by atoms with Crippen LogP contribution in [-0.4, -0.2) is 102 Å². The molecular formula is C46H51N5O8S. The van der Waals surface area contributed by atoms with Crippen molar-refractivity contribution < 1.29 is 37.1 Å². The molecule has 3 aromatic carbocycles. The Labute approximate surface area is 351 Å². The molecule has 4 fully saturated rings. The Hall–Kier alpha value is -5.76. The fourth-order valence-electron chi connectivity index (χ4n) is 8.79. The number of pyridine rings is 1. The zero-order valence-corrected chi connectivity index (χ0v) is 34.6. The zero-order valence-electron chi connectivity index (χ0n) is 33.7. The summed E-state index contributed by atoms with van der Waals surface area (Å²) in [5, 5.41) is 3.64. The molecule has 3 heterocycles. The molecule has 4 aromatic rings. The molecule has 2 saturated carbocycles. The first-order chi connectivity index (χ1) is 29.1. The van der Waals surface area contributed by atoms with Gasteiger partial charge in [-0.25, -0.2) is 17.7 Å². The van der Waals surface area contributed by atoms with Crippen LogP contribution in [0.1, 0.15) is 56.9 Å². The number of piperidine rings is 1. The number of hydrogen-bond acceptors (Lipinski definition) is 9. The van der Waals surface area contributed by atoms with Crippen molar-refractivity contribution in [2.75, 3.05) is 26.7 Å². The van der Waals surface area contributed by atoms with Crippen LogP contribution in [0.4, 0.5) is 0 Å². The van der Waals surface area contributed by atoms with E-state index in [2.05, 4.69) is 11.9 Å². The van der Waals surface area contributed by atoms with E-state index in [4.69, 9.17) is 14.5 Å². The first-order valence-corrected chi connectivity index (χ1v) is 22.0. The highest BCUT2D eigenvalue weighted by Gasteiger charge is 2.63. The van der Waals surface area contributed by atoms with Gasteiger partial charge in [0.1, 0.15) is 29.2 Å². The Morgan fingerprint density at radius 2 is 1.70 bits per heavy atom. The second-order valence-corrected chi connectivity index (χ2v) is 17.3. The van der Waals surface area contributed by atoms with E-state index in [0.29, 0.717) is 54.0 Å². The quantitative estimate of drug-likeness (QED) is 0.123. The summed E-state index contributed by atoms with van der Waals surface area (Å²) in [6.45, 7) is 5.16. The number of carbonyl (C=O) groups is 4. The van der Waals surface area contributed by atoms with E-state index in [1.54, 1.807) is 13.2 Å². The van der Waals surface area contributed by atoms with Crippen LogP contribution in [0.5, 0.6) is 11.5 Å². The molecule has 13 nitrogen and oxygen atoms in total. The van der Waals surface area contributed by atoms with Gasteiger partial charge in [0.05, 0.1) is 30.8 Å². The molecule has 314 valence electrons. The first kappa shape index (κ1) is 41.0. The van der Waals surface area contributed by atoms with Crippen LogP contribution in [0, 0.1) is 11.8 Å². The topological polar surface area (TPSA) is 156 Å². The number of aromatic nitrogens is 1. The van der Waals surface area contributed by atoms with Gasteiger partial charge in [0.15, 0.2) is 0 Å². The minimum Gasteiger partial charge on any atom is -0.497 e. The molecule has 0 radical (unpaired) electrons. The van der Waals surface area contributed by atoms with Crippen molar-refractivity contribution >= 4 is 45.4 Å². The van der Waals surface area contributed by atoms with Crippen molar-refractivity contribution in [2.45, 2.75) is 81.5 Å². The first-order valence-electron chi connectivity index (χ1n) is 20.8. The number of amides is 4. The molecule has 8 rings (SSSR count). The van der Waals surface area contributed by atoms with Gasteiger partial charge in [-0.15, -0.1) is 6.58 Å². The number of nitrogens with zero attached hydrogens (tertiary/aromatic N) is 4. The van der Waals surface area contributed by atoms with Crippen LogP contribution in [0.2, 0.25) is 0 Å². The Morgan fingerprint density at radius 1 is 0.983 bits per heavy atom. The average Bonchev–Trinajstić information content (AvgIpc) is 4.20. The fraction of sp³-hybridized carbons (Fsp3) is 0.413. The van der Waals surface area contributed by atoms with Crippen molar-refractivity contribution in [3.05, 3.63) is 103 Å². The fourth-order valence-corrected chi connectivity index (χ4v) is 9.62. The molecule has 2 saturated heterocycles. The Morgan fingerprint density at radius 3 is 2.35 bits per heavy atom. The minimum absolute atomic E-state index is 0.0210. The lowest BCUT2D eigenvalue weighted by molar-refractivity contribution is -0.145. The summed E-state index contributed by atoms with van der Waals surface area (Å²) in [4.78, 5) is 65.8. The van der Waals surface area contributed by atoms with Gasteiger partial charge in [-0.1, -0.05) is 66.7 Å². The number of hydrogen-bond donors (Lipinski definition) is 2. The van der Waals surface area contributed by atoms with Gasteiger partial charge in [0.2, 0.25) is 28.6 Å². The maximum atomic E-state index is 15.1. The van der Waals surface area contributed by atoms with E-state index in [0.717, 1.165) is 34.7 Å². The van der Waals surface area contributed by atoms with Crippen molar-refractivity contribution in [2.24, 2.45) is 11.8 Å². The monoisotopic (exact) mass is 833 g/mol. The van der Waals surface area contributed by atoms with Crippen molar-refractivity contribution in [3.8, 4) is 22.8 Å². The van der Waals surface area contributed by atoms with Crippen LogP contribution in [0.15, 0.2) is 97.6 Å². The van der Waals surface area contributed by atoms with Crippen molar-refractivity contribution in [1.29, 1.82) is 0 Å². The third-order valence-electron chi connectivity index (χ3n) is 12.3. The zero-order chi connectivity index (χ0) is 42.0. The number of carbonyl (C=O) groups excluding carboxylic acids is 4. The van der Waals surface area contributed by atoms with Gasteiger partial charge < -0.3 is 24.6 Å². The number of methoxy groups -OCH3 is 1. The largest absolute Gasteiger partial charge is 0.497 e. The summed E-state index contributed by atoms with van der Waals surface area (Å²) >= 11 is 0. The predicted octanol–water partition coefficient (Wildman–Crippen LogP) is 5.10. The molecule has 5 atom stereocenters. The van der Waals surface area contributed by atoms with Gasteiger partial charge in [-0.2, -0.15) is 0 Å². The van der Waals surface area contributed by atoms with Crippen LogP contribution in [0.25, 0.3) is 22.2 Å². The lowest BCUT2D eigenvalue weighted by Gasteiger charge is -2.32. The molecule has 4 aliphatic rings. The standard InChI is InChI=1S/C46H51N5O8S/c1-3-33-28-46(33,45(55)51(60(56)57)34-17-18-34)48-43(53)40-26-36(59-41-27-38(31-15-9-5-10-16-31)47-39-25-35(58-2)19-20-37(39)41)29-50(40)44(54)32(23-30-13-7-4-8-14-30)24-42(52)49-21-11-6-12-22-49/h3-5,7-10,13-16,19-20,25,27,32-34,36,40,60H,1,6,11-12,17-18,21-24,26,28-29H2,2H3,(H,48,53)/t32-,33?,36-,40?,46?/m1/s1. The molecule has 1 N–H and O–H groups in total. The summed E-state index contributed by atoms with van der Waals surface area (Å²) in [5.74, 6) is -1.93. The summed E-state index contributed by atoms with van der Waals surface area (Å²) in [6.07, 6.45) is 5.36. The Kier molecular flexibility index (Phi) is 11.9. The average molecular weight is 834 g/mol. The molecule has 0 spiro atoms. The number of ether oxygens (including phenoxy) is 2. The highest BCUT2D eigenvalue weighted by molar-refractivity contribution is 7.70. The minimum atomic E-state index is -3.24. The van der Waals surface area contributed by atoms with Crippen molar-refractivity contribution in [3.63, 3.8) is 0 Å². The highest BCUT2D eigenvalue weighted by Crippen LogP contribution is 2.48. The lowest BCUT2D eigenvalue weighted by atomic mass is 9.93. The number of thiol groups is 1. The molecule has 0 bridgehead atoms. The van der Waals surface area contributed by atoms with Crippen LogP contribution < -0.4 is 14.8 Å². The molecule has 2 aliphatic heterocycles. The van der Waals surface area contributed by atoms with Gasteiger partial charge >= 0.3 is 0 Å². The maximum absolute atomic E-state index is 15.1. The van der Waals surface area contributed by atoms with E-state index in [1.165, 1.54) is 4.90 Å². The second-order valence-electron chi connectivity index (χ2n) is 16.4. The smallest absolute Gasteiger partial charge is 0.262 e. The number of fused-ring (bicyclic) bond motifs is 1. The molecule has 14 heteroatoms. The second kappa shape index (κ2) is 17.5. The van der Waals surface area contributed by atoms with Gasteiger partial charge in [0.25, 0.3) is 5.91 Å². The van der Waals surface area contributed by atoms with Crippen LogP contribution >= 0.6 is 0 Å². The third-order valence-corrected chi connectivity index (χ3v) is 13.2. The maximum Gasteiger partial charge on any atom is 0.262 e.